The summed E-state index contributed by atoms with van der Waals surface area (Å²) in [4.78, 5) is 12.5. The molecule has 1 aromatic carbocycles. The number of anilines is 1. The van der Waals surface area contributed by atoms with Gasteiger partial charge < -0.3 is 16.0 Å². The molecule has 0 radical (unpaired) electrons. The number of rotatable bonds is 7. The first kappa shape index (κ1) is 17.3. The Labute approximate surface area is 147 Å². The Kier molecular flexibility index (Phi) is 5.95. The van der Waals surface area contributed by atoms with Gasteiger partial charge in [0.05, 0.1) is 5.69 Å². The van der Waals surface area contributed by atoms with E-state index in [9.17, 15) is 4.79 Å². The highest BCUT2D eigenvalue weighted by atomic mass is 16.2. The van der Waals surface area contributed by atoms with Crippen LogP contribution in [-0.2, 0) is 4.79 Å². The molecule has 3 rings (SSSR count). The number of hydrogen-bond donors (Lipinski definition) is 3. The first-order chi connectivity index (χ1) is 12.3. The van der Waals surface area contributed by atoms with Gasteiger partial charge in [-0.2, -0.15) is 4.68 Å². The molecule has 0 bridgehead atoms. The fourth-order valence-corrected chi connectivity index (χ4v) is 3.00. The number of nitrogens with one attached hydrogen (secondary N) is 3. The number of hydrogen-bond acceptors (Lipinski definition) is 6. The molecule has 1 saturated heterocycles. The third-order valence-corrected chi connectivity index (χ3v) is 4.46. The highest BCUT2D eigenvalue weighted by Gasteiger charge is 2.21. The maximum Gasteiger partial charge on any atom is 0.248 e. The zero-order valence-electron chi connectivity index (χ0n) is 14.5. The molecule has 0 spiro atoms. The molecule has 0 saturated carbocycles. The number of carbonyl (C=O) groups is 1. The second-order valence-electron chi connectivity index (χ2n) is 6.31. The summed E-state index contributed by atoms with van der Waals surface area (Å²) >= 11 is 0. The summed E-state index contributed by atoms with van der Waals surface area (Å²) < 4.78 is 1.60. The SMILES string of the molecule is CCC(Nc1nnnn1-c1ccccc1)C(=O)NCC1CCCNC1. The summed E-state index contributed by atoms with van der Waals surface area (Å²) in [6, 6.07) is 9.23. The topological polar surface area (TPSA) is 96.8 Å². The fraction of sp³-hybridized carbons (Fsp3) is 0.529. The van der Waals surface area contributed by atoms with Gasteiger partial charge in [0.1, 0.15) is 6.04 Å². The highest BCUT2D eigenvalue weighted by molar-refractivity contribution is 5.84. The molecule has 134 valence electrons. The number of aromatic nitrogens is 4. The van der Waals surface area contributed by atoms with E-state index in [4.69, 9.17) is 0 Å². The van der Waals surface area contributed by atoms with E-state index in [1.54, 1.807) is 4.68 Å². The van der Waals surface area contributed by atoms with Crippen LogP contribution in [0, 0.1) is 5.92 Å². The molecule has 8 heteroatoms. The Hall–Kier alpha value is -2.48. The molecule has 1 aliphatic heterocycles. The van der Waals surface area contributed by atoms with E-state index in [0.717, 1.165) is 25.2 Å². The third kappa shape index (κ3) is 4.54. The first-order valence-corrected chi connectivity index (χ1v) is 8.86. The Bertz CT molecular complexity index is 667. The van der Waals surface area contributed by atoms with E-state index >= 15 is 0 Å². The highest BCUT2D eigenvalue weighted by Crippen LogP contribution is 2.13. The minimum absolute atomic E-state index is 0.0179. The molecule has 1 fully saturated rings. The van der Waals surface area contributed by atoms with Gasteiger partial charge in [0, 0.05) is 6.54 Å². The van der Waals surface area contributed by atoms with Gasteiger partial charge in [0.2, 0.25) is 11.9 Å². The molecule has 2 atom stereocenters. The quantitative estimate of drug-likeness (QED) is 0.693. The van der Waals surface area contributed by atoms with Crippen molar-refractivity contribution in [2.75, 3.05) is 25.0 Å². The monoisotopic (exact) mass is 343 g/mol. The van der Waals surface area contributed by atoms with Gasteiger partial charge in [-0.1, -0.05) is 30.2 Å². The Morgan fingerprint density at radius 2 is 2.24 bits per heavy atom. The zero-order valence-corrected chi connectivity index (χ0v) is 14.5. The van der Waals surface area contributed by atoms with Gasteiger partial charge in [0.15, 0.2) is 0 Å². The predicted molar refractivity (Wildman–Crippen MR) is 95.5 cm³/mol. The second kappa shape index (κ2) is 8.57. The van der Waals surface area contributed by atoms with Crippen LogP contribution in [0.5, 0.6) is 0 Å². The van der Waals surface area contributed by atoms with E-state index in [1.807, 2.05) is 37.3 Å². The molecule has 8 nitrogen and oxygen atoms in total. The van der Waals surface area contributed by atoms with Crippen molar-refractivity contribution in [3.05, 3.63) is 30.3 Å². The van der Waals surface area contributed by atoms with E-state index in [1.165, 1.54) is 6.42 Å². The minimum atomic E-state index is -0.370. The molecule has 0 aliphatic carbocycles. The molecule has 2 unspecified atom stereocenters. The number of para-hydroxylation sites is 1. The number of carbonyl (C=O) groups excluding carboxylic acids is 1. The molecular weight excluding hydrogens is 318 g/mol. The van der Waals surface area contributed by atoms with Gasteiger partial charge >= 0.3 is 0 Å². The summed E-state index contributed by atoms with van der Waals surface area (Å²) in [7, 11) is 0. The van der Waals surface area contributed by atoms with Crippen molar-refractivity contribution in [1.82, 2.24) is 30.8 Å². The molecular formula is C17H25N7O. The van der Waals surface area contributed by atoms with Crippen LogP contribution in [0.25, 0.3) is 5.69 Å². The van der Waals surface area contributed by atoms with Crippen LogP contribution in [0.1, 0.15) is 26.2 Å². The normalized spacial score (nSPS) is 18.5. The largest absolute Gasteiger partial charge is 0.354 e. The van der Waals surface area contributed by atoms with E-state index in [0.29, 0.717) is 24.8 Å². The maximum absolute atomic E-state index is 12.5. The lowest BCUT2D eigenvalue weighted by Gasteiger charge is -2.24. The van der Waals surface area contributed by atoms with Crippen LogP contribution in [0.4, 0.5) is 5.95 Å². The number of nitrogens with zero attached hydrogens (tertiary/aromatic N) is 4. The first-order valence-electron chi connectivity index (χ1n) is 8.86. The van der Waals surface area contributed by atoms with Gasteiger partial charge in [-0.05, 0) is 60.8 Å². The summed E-state index contributed by atoms with van der Waals surface area (Å²) in [5, 5.41) is 21.3. The van der Waals surface area contributed by atoms with Gasteiger partial charge in [-0.15, -0.1) is 0 Å². The summed E-state index contributed by atoms with van der Waals surface area (Å²) in [5.74, 6) is 0.952. The van der Waals surface area contributed by atoms with Gasteiger partial charge in [-0.3, -0.25) is 4.79 Å². The van der Waals surface area contributed by atoms with Gasteiger partial charge in [-0.25, -0.2) is 0 Å². The smallest absolute Gasteiger partial charge is 0.248 e. The van der Waals surface area contributed by atoms with E-state index in [-0.39, 0.29) is 11.9 Å². The zero-order chi connectivity index (χ0) is 17.5. The van der Waals surface area contributed by atoms with Crippen molar-refractivity contribution < 1.29 is 4.79 Å². The maximum atomic E-state index is 12.5. The van der Waals surface area contributed by atoms with Crippen molar-refractivity contribution in [1.29, 1.82) is 0 Å². The predicted octanol–water partition coefficient (Wildman–Crippen LogP) is 0.969. The van der Waals surface area contributed by atoms with Crippen LogP contribution in [0.3, 0.4) is 0 Å². The summed E-state index contributed by atoms with van der Waals surface area (Å²) in [6.45, 7) is 4.71. The fourth-order valence-electron chi connectivity index (χ4n) is 3.00. The van der Waals surface area contributed by atoms with Crippen molar-refractivity contribution >= 4 is 11.9 Å². The van der Waals surface area contributed by atoms with Crippen molar-refractivity contribution in [2.24, 2.45) is 5.92 Å². The Morgan fingerprint density at radius 1 is 1.40 bits per heavy atom. The molecule has 1 aromatic heterocycles. The van der Waals surface area contributed by atoms with Gasteiger partial charge in [0.25, 0.3) is 0 Å². The van der Waals surface area contributed by atoms with Crippen LogP contribution in [0.15, 0.2) is 30.3 Å². The minimum Gasteiger partial charge on any atom is -0.354 e. The van der Waals surface area contributed by atoms with Crippen LogP contribution in [-0.4, -0.2) is 51.8 Å². The second-order valence-corrected chi connectivity index (χ2v) is 6.31. The van der Waals surface area contributed by atoms with Crippen LogP contribution in [0.2, 0.25) is 0 Å². The van der Waals surface area contributed by atoms with Crippen molar-refractivity contribution in [3.8, 4) is 5.69 Å². The molecule has 1 aliphatic rings. The van der Waals surface area contributed by atoms with E-state index < -0.39 is 0 Å². The number of piperidine rings is 1. The standard InChI is InChI=1S/C17H25N7O/c1-2-15(16(25)19-12-13-7-6-10-18-11-13)20-17-21-22-23-24(17)14-8-4-3-5-9-14/h3-5,8-9,13,15,18H,2,6-7,10-12H2,1H3,(H,19,25)(H,20,21,23). The van der Waals surface area contributed by atoms with Crippen molar-refractivity contribution in [3.63, 3.8) is 0 Å². The van der Waals surface area contributed by atoms with Crippen molar-refractivity contribution in [2.45, 2.75) is 32.2 Å². The molecule has 1 amide bonds. The molecule has 2 aromatic rings. The summed E-state index contributed by atoms with van der Waals surface area (Å²) in [6.07, 6.45) is 2.97. The Balaban J connectivity index is 1.60. The third-order valence-electron chi connectivity index (χ3n) is 4.46. The molecule has 3 N–H and O–H groups in total. The van der Waals surface area contributed by atoms with Crippen LogP contribution >= 0.6 is 0 Å². The molecule has 2 heterocycles. The Morgan fingerprint density at radius 3 is 2.96 bits per heavy atom. The van der Waals surface area contributed by atoms with Crippen LogP contribution < -0.4 is 16.0 Å². The lowest BCUT2D eigenvalue weighted by Crippen LogP contribution is -2.44. The number of benzene rings is 1. The lowest BCUT2D eigenvalue weighted by molar-refractivity contribution is -0.122. The average molecular weight is 343 g/mol. The summed E-state index contributed by atoms with van der Waals surface area (Å²) in [5.41, 5.74) is 0.846. The lowest BCUT2D eigenvalue weighted by atomic mass is 9.99. The average Bonchev–Trinajstić information content (AvgIpc) is 3.14. The van der Waals surface area contributed by atoms with E-state index in [2.05, 4.69) is 31.5 Å². The molecule has 25 heavy (non-hydrogen) atoms. The number of tetrazole rings is 1. The number of amides is 1.